The topological polar surface area (TPSA) is 89.9 Å². The maximum absolute atomic E-state index is 11.8. The molecule has 0 aliphatic heterocycles. The molecule has 1 aromatic rings. The third kappa shape index (κ3) is 3.46. The van der Waals surface area contributed by atoms with E-state index in [4.69, 9.17) is 10.2 Å². The molecule has 0 saturated heterocycles. The van der Waals surface area contributed by atoms with Crippen molar-refractivity contribution in [3.8, 4) is 0 Å². The molecule has 18 heavy (non-hydrogen) atoms. The van der Waals surface area contributed by atoms with Crippen LogP contribution in [0.3, 0.4) is 0 Å². The number of carboxylic acid groups (broad SMARTS) is 1. The van der Waals surface area contributed by atoms with E-state index in [0.717, 1.165) is 5.69 Å². The standard InChI is InChI=1S/C12H16N2O4/c1-14(2)9-5-3-4-8(6-9)11(16)13-10(7-15)12(17)18/h3-6,10,15H,7H2,1-2H3,(H,13,16)(H,17,18). The van der Waals surface area contributed by atoms with Crippen molar-refractivity contribution in [2.24, 2.45) is 0 Å². The number of anilines is 1. The summed E-state index contributed by atoms with van der Waals surface area (Å²) in [6, 6.07) is 5.47. The lowest BCUT2D eigenvalue weighted by molar-refractivity contribution is -0.140. The van der Waals surface area contributed by atoms with Crippen LogP contribution in [0.25, 0.3) is 0 Å². The molecule has 6 nitrogen and oxygen atoms in total. The van der Waals surface area contributed by atoms with E-state index < -0.39 is 24.5 Å². The smallest absolute Gasteiger partial charge is 0.328 e. The zero-order valence-corrected chi connectivity index (χ0v) is 10.3. The molecule has 0 saturated carbocycles. The van der Waals surface area contributed by atoms with Crippen LogP contribution >= 0.6 is 0 Å². The number of carbonyl (C=O) groups excluding carboxylic acids is 1. The molecular formula is C12H16N2O4. The van der Waals surface area contributed by atoms with Crippen molar-refractivity contribution in [2.75, 3.05) is 25.6 Å². The first kappa shape index (κ1) is 14.0. The van der Waals surface area contributed by atoms with Gasteiger partial charge in [0, 0.05) is 25.3 Å². The predicted molar refractivity (Wildman–Crippen MR) is 66.7 cm³/mol. The number of nitrogens with zero attached hydrogens (tertiary/aromatic N) is 1. The van der Waals surface area contributed by atoms with Crippen molar-refractivity contribution >= 4 is 17.6 Å². The quantitative estimate of drug-likeness (QED) is 0.682. The second-order valence-electron chi connectivity index (χ2n) is 3.99. The molecule has 0 fully saturated rings. The summed E-state index contributed by atoms with van der Waals surface area (Å²) >= 11 is 0. The molecule has 0 spiro atoms. The van der Waals surface area contributed by atoms with E-state index in [2.05, 4.69) is 5.32 Å². The number of hydrogen-bond acceptors (Lipinski definition) is 4. The number of hydrogen-bond donors (Lipinski definition) is 3. The van der Waals surface area contributed by atoms with Crippen molar-refractivity contribution in [3.05, 3.63) is 29.8 Å². The Morgan fingerprint density at radius 2 is 2.06 bits per heavy atom. The predicted octanol–water partition coefficient (Wildman–Crippen LogP) is -0.0721. The summed E-state index contributed by atoms with van der Waals surface area (Å²) in [6.45, 7) is -0.644. The minimum Gasteiger partial charge on any atom is -0.480 e. The summed E-state index contributed by atoms with van der Waals surface area (Å²) in [7, 11) is 3.68. The fourth-order valence-electron chi connectivity index (χ4n) is 1.35. The molecule has 0 aromatic heterocycles. The van der Waals surface area contributed by atoms with Gasteiger partial charge in [-0.05, 0) is 18.2 Å². The van der Waals surface area contributed by atoms with Crippen LogP contribution < -0.4 is 10.2 Å². The molecule has 1 rings (SSSR count). The molecule has 0 aliphatic carbocycles. The van der Waals surface area contributed by atoms with Gasteiger partial charge in [0.2, 0.25) is 0 Å². The summed E-state index contributed by atoms with van der Waals surface area (Å²) in [5.41, 5.74) is 1.18. The Kier molecular flexibility index (Phi) is 4.67. The van der Waals surface area contributed by atoms with Crippen molar-refractivity contribution in [1.82, 2.24) is 5.32 Å². The normalized spacial score (nSPS) is 11.7. The summed E-state index contributed by atoms with van der Waals surface area (Å²) in [4.78, 5) is 24.3. The molecule has 1 atom stereocenters. The van der Waals surface area contributed by atoms with Gasteiger partial charge in [-0.1, -0.05) is 6.07 Å². The largest absolute Gasteiger partial charge is 0.480 e. The average Bonchev–Trinajstić information content (AvgIpc) is 2.35. The number of nitrogens with one attached hydrogen (secondary N) is 1. The first-order valence-electron chi connectivity index (χ1n) is 5.37. The number of aliphatic hydroxyl groups excluding tert-OH is 1. The first-order valence-corrected chi connectivity index (χ1v) is 5.37. The first-order chi connectivity index (χ1) is 8.45. The molecule has 0 aliphatic rings. The van der Waals surface area contributed by atoms with E-state index in [0.29, 0.717) is 5.56 Å². The van der Waals surface area contributed by atoms with Gasteiger partial charge in [0.25, 0.3) is 5.91 Å². The number of carboxylic acids is 1. The Morgan fingerprint density at radius 3 is 2.56 bits per heavy atom. The van der Waals surface area contributed by atoms with E-state index in [9.17, 15) is 9.59 Å². The van der Waals surface area contributed by atoms with Crippen LogP contribution in [0.4, 0.5) is 5.69 Å². The minimum atomic E-state index is -1.29. The SMILES string of the molecule is CN(C)c1cccc(C(=O)NC(CO)C(=O)O)c1. The Morgan fingerprint density at radius 1 is 1.39 bits per heavy atom. The van der Waals surface area contributed by atoms with Gasteiger partial charge in [-0.3, -0.25) is 4.79 Å². The van der Waals surface area contributed by atoms with Crippen molar-refractivity contribution in [1.29, 1.82) is 0 Å². The van der Waals surface area contributed by atoms with Crippen LogP contribution in [0.1, 0.15) is 10.4 Å². The van der Waals surface area contributed by atoms with Gasteiger partial charge in [-0.2, -0.15) is 0 Å². The van der Waals surface area contributed by atoms with E-state index in [-0.39, 0.29) is 0 Å². The molecule has 0 radical (unpaired) electrons. The lowest BCUT2D eigenvalue weighted by atomic mass is 10.1. The maximum atomic E-state index is 11.8. The third-order valence-corrected chi connectivity index (χ3v) is 2.41. The van der Waals surface area contributed by atoms with Gasteiger partial charge in [0.1, 0.15) is 0 Å². The zero-order valence-electron chi connectivity index (χ0n) is 10.3. The fourth-order valence-corrected chi connectivity index (χ4v) is 1.35. The van der Waals surface area contributed by atoms with Gasteiger partial charge in [0.15, 0.2) is 6.04 Å². The zero-order chi connectivity index (χ0) is 13.7. The summed E-state index contributed by atoms with van der Waals surface area (Å²) in [5, 5.41) is 19.8. The molecule has 6 heteroatoms. The second kappa shape index (κ2) is 6.02. The number of carbonyl (C=O) groups is 2. The molecule has 1 amide bonds. The Hall–Kier alpha value is -2.08. The lowest BCUT2D eigenvalue weighted by Crippen LogP contribution is -2.43. The molecule has 0 bridgehead atoms. The molecule has 98 valence electrons. The summed E-state index contributed by atoms with van der Waals surface area (Å²) < 4.78 is 0. The Bertz CT molecular complexity index is 445. The highest BCUT2D eigenvalue weighted by Gasteiger charge is 2.19. The third-order valence-electron chi connectivity index (χ3n) is 2.41. The van der Waals surface area contributed by atoms with Crippen LogP contribution in [-0.2, 0) is 4.79 Å². The van der Waals surface area contributed by atoms with Crippen molar-refractivity contribution < 1.29 is 19.8 Å². The highest BCUT2D eigenvalue weighted by atomic mass is 16.4. The van der Waals surface area contributed by atoms with E-state index in [1.807, 2.05) is 25.1 Å². The van der Waals surface area contributed by atoms with E-state index in [1.165, 1.54) is 0 Å². The number of rotatable bonds is 5. The molecular weight excluding hydrogens is 236 g/mol. The Balaban J connectivity index is 2.84. The van der Waals surface area contributed by atoms with Gasteiger partial charge >= 0.3 is 5.97 Å². The minimum absolute atomic E-state index is 0.348. The lowest BCUT2D eigenvalue weighted by Gasteiger charge is -2.15. The van der Waals surface area contributed by atoms with Gasteiger partial charge < -0.3 is 20.4 Å². The number of amides is 1. The van der Waals surface area contributed by atoms with Crippen LogP contribution in [-0.4, -0.2) is 48.8 Å². The second-order valence-corrected chi connectivity index (χ2v) is 3.99. The van der Waals surface area contributed by atoms with Gasteiger partial charge in [0.05, 0.1) is 6.61 Å². The van der Waals surface area contributed by atoms with Gasteiger partial charge in [-0.15, -0.1) is 0 Å². The molecule has 3 N–H and O–H groups in total. The average molecular weight is 252 g/mol. The Labute approximate surface area is 105 Å². The highest BCUT2D eigenvalue weighted by Crippen LogP contribution is 2.13. The van der Waals surface area contributed by atoms with Crippen LogP contribution in [0, 0.1) is 0 Å². The monoisotopic (exact) mass is 252 g/mol. The van der Waals surface area contributed by atoms with Crippen molar-refractivity contribution in [3.63, 3.8) is 0 Å². The van der Waals surface area contributed by atoms with Gasteiger partial charge in [-0.25, -0.2) is 4.79 Å². The summed E-state index contributed by atoms with van der Waals surface area (Å²) in [6.07, 6.45) is 0. The molecule has 0 heterocycles. The number of aliphatic hydroxyl groups is 1. The molecule has 1 unspecified atom stereocenters. The van der Waals surface area contributed by atoms with Crippen molar-refractivity contribution in [2.45, 2.75) is 6.04 Å². The number of benzene rings is 1. The fraction of sp³-hybridized carbons (Fsp3) is 0.333. The highest BCUT2D eigenvalue weighted by molar-refractivity contribution is 5.97. The maximum Gasteiger partial charge on any atom is 0.328 e. The molecule has 1 aromatic carbocycles. The van der Waals surface area contributed by atoms with Crippen LogP contribution in [0.2, 0.25) is 0 Å². The van der Waals surface area contributed by atoms with E-state index in [1.54, 1.807) is 18.2 Å². The van der Waals surface area contributed by atoms with Crippen LogP contribution in [0.5, 0.6) is 0 Å². The summed E-state index contributed by atoms with van der Waals surface area (Å²) in [5.74, 6) is -1.80. The van der Waals surface area contributed by atoms with E-state index >= 15 is 0 Å². The van der Waals surface area contributed by atoms with Crippen LogP contribution in [0.15, 0.2) is 24.3 Å². The number of aliphatic carboxylic acids is 1.